The quantitative estimate of drug-likeness (QED) is 0.693. The van der Waals surface area contributed by atoms with Gasteiger partial charge in [-0.25, -0.2) is 9.37 Å². The predicted octanol–water partition coefficient (Wildman–Crippen LogP) is 3.73. The van der Waals surface area contributed by atoms with Crippen molar-refractivity contribution in [3.63, 3.8) is 0 Å². The van der Waals surface area contributed by atoms with Crippen LogP contribution in [0.25, 0.3) is 11.1 Å². The fourth-order valence-corrected chi connectivity index (χ4v) is 3.04. The molecule has 0 bridgehead atoms. The van der Waals surface area contributed by atoms with Gasteiger partial charge in [-0.2, -0.15) is 0 Å². The number of carbonyl (C=O) groups is 1. The topological polar surface area (TPSA) is 72.7 Å². The van der Waals surface area contributed by atoms with Crippen LogP contribution in [0.4, 0.5) is 4.39 Å². The summed E-state index contributed by atoms with van der Waals surface area (Å²) in [5, 5.41) is 11.8. The normalized spacial score (nSPS) is 11.6. The van der Waals surface area contributed by atoms with E-state index in [9.17, 15) is 9.18 Å². The maximum Gasteiger partial charge on any atom is 0.282 e. The maximum atomic E-state index is 12.9. The van der Waals surface area contributed by atoms with Crippen molar-refractivity contribution in [1.29, 1.82) is 0 Å². The smallest absolute Gasteiger partial charge is 0.282 e. The van der Waals surface area contributed by atoms with Gasteiger partial charge in [0.2, 0.25) is 5.01 Å². The molecule has 3 aromatic rings. The van der Waals surface area contributed by atoms with Crippen molar-refractivity contribution in [2.45, 2.75) is 6.54 Å². The molecule has 2 heterocycles. The van der Waals surface area contributed by atoms with E-state index in [0.29, 0.717) is 21.0 Å². The van der Waals surface area contributed by atoms with Crippen molar-refractivity contribution in [2.75, 3.05) is 0 Å². The van der Waals surface area contributed by atoms with Crippen molar-refractivity contribution >= 4 is 51.6 Å². The van der Waals surface area contributed by atoms with Gasteiger partial charge in [-0.15, -0.1) is 10.2 Å². The van der Waals surface area contributed by atoms with Crippen LogP contribution >= 0.6 is 34.5 Å². The molecule has 3 rings (SSSR count). The lowest BCUT2D eigenvalue weighted by molar-refractivity contribution is 0.0950. The highest BCUT2D eigenvalue weighted by atomic mass is 35.5. The molecule has 0 atom stereocenters. The molecule has 0 aliphatic rings. The van der Waals surface area contributed by atoms with Crippen molar-refractivity contribution in [2.24, 2.45) is 7.05 Å². The SMILES string of the molecule is Cn1c(Cl)cnc1/C=C(\Cl)c1nnc(C(=O)NCc2ccc(F)cc2)s1. The van der Waals surface area contributed by atoms with E-state index in [0.717, 1.165) is 16.9 Å². The van der Waals surface area contributed by atoms with Crippen molar-refractivity contribution in [3.8, 4) is 0 Å². The van der Waals surface area contributed by atoms with Crippen LogP contribution in [-0.4, -0.2) is 25.7 Å². The second-order valence-electron chi connectivity index (χ2n) is 5.21. The first-order valence-electron chi connectivity index (χ1n) is 7.35. The lowest BCUT2D eigenvalue weighted by atomic mass is 10.2. The lowest BCUT2D eigenvalue weighted by Gasteiger charge is -2.02. The van der Waals surface area contributed by atoms with Gasteiger partial charge in [0.05, 0.1) is 11.2 Å². The van der Waals surface area contributed by atoms with Gasteiger partial charge in [0.1, 0.15) is 16.8 Å². The second-order valence-corrected chi connectivity index (χ2v) is 6.98. The third-order valence-corrected chi connectivity index (χ3v) is 5.12. The number of nitrogens with one attached hydrogen (secondary N) is 1. The summed E-state index contributed by atoms with van der Waals surface area (Å²) in [5.41, 5.74) is 0.772. The molecule has 0 radical (unpaired) electrons. The minimum atomic E-state index is -0.387. The Morgan fingerprint density at radius 3 is 2.65 bits per heavy atom. The molecule has 0 unspecified atom stereocenters. The summed E-state index contributed by atoms with van der Waals surface area (Å²) in [6.45, 7) is 0.253. The summed E-state index contributed by atoms with van der Waals surface area (Å²) < 4.78 is 14.5. The first-order valence-corrected chi connectivity index (χ1v) is 8.92. The fourth-order valence-electron chi connectivity index (χ4n) is 1.98. The Kier molecular flexibility index (Phi) is 5.65. The molecule has 0 spiro atoms. The van der Waals surface area contributed by atoms with Crippen LogP contribution in [0.1, 0.15) is 26.2 Å². The summed E-state index contributed by atoms with van der Waals surface area (Å²) in [6, 6.07) is 5.86. The molecule has 6 nitrogen and oxygen atoms in total. The summed E-state index contributed by atoms with van der Waals surface area (Å²) >= 11 is 13.2. The van der Waals surface area contributed by atoms with Gasteiger partial charge in [-0.05, 0) is 17.7 Å². The van der Waals surface area contributed by atoms with E-state index in [-0.39, 0.29) is 23.3 Å². The average Bonchev–Trinajstić information content (AvgIpc) is 3.24. The molecule has 134 valence electrons. The summed E-state index contributed by atoms with van der Waals surface area (Å²) in [5.74, 6) is -0.163. The Labute approximate surface area is 162 Å². The average molecular weight is 412 g/mol. The van der Waals surface area contributed by atoms with Gasteiger partial charge in [0.15, 0.2) is 5.01 Å². The van der Waals surface area contributed by atoms with Crippen molar-refractivity contribution in [3.05, 3.63) is 62.8 Å². The minimum absolute atomic E-state index is 0.173. The van der Waals surface area contributed by atoms with Gasteiger partial charge in [0, 0.05) is 19.7 Å². The summed E-state index contributed by atoms with van der Waals surface area (Å²) in [4.78, 5) is 16.3. The minimum Gasteiger partial charge on any atom is -0.346 e. The van der Waals surface area contributed by atoms with Crippen LogP contribution in [0.15, 0.2) is 30.5 Å². The summed E-state index contributed by atoms with van der Waals surface area (Å²) in [7, 11) is 1.75. The second kappa shape index (κ2) is 7.94. The zero-order valence-electron chi connectivity index (χ0n) is 13.4. The number of amides is 1. The maximum absolute atomic E-state index is 12.9. The number of aromatic nitrogens is 4. The fraction of sp³-hybridized carbons (Fsp3) is 0.125. The predicted molar refractivity (Wildman–Crippen MR) is 99.4 cm³/mol. The number of carbonyl (C=O) groups excluding carboxylic acids is 1. The zero-order valence-corrected chi connectivity index (χ0v) is 15.7. The Hall–Kier alpha value is -2.29. The largest absolute Gasteiger partial charge is 0.346 e. The van der Waals surface area contributed by atoms with Crippen LogP contribution in [0.3, 0.4) is 0 Å². The molecule has 0 saturated carbocycles. The van der Waals surface area contributed by atoms with Gasteiger partial charge in [-0.3, -0.25) is 4.79 Å². The Bertz CT molecular complexity index is 967. The molecule has 1 N–H and O–H groups in total. The van der Waals surface area contributed by atoms with Crippen molar-refractivity contribution in [1.82, 2.24) is 25.1 Å². The Morgan fingerprint density at radius 2 is 2.00 bits per heavy atom. The molecule has 0 aliphatic heterocycles. The Balaban J connectivity index is 1.67. The van der Waals surface area contributed by atoms with Gasteiger partial charge >= 0.3 is 0 Å². The summed E-state index contributed by atoms with van der Waals surface area (Å²) in [6.07, 6.45) is 3.10. The molecule has 10 heteroatoms. The third-order valence-electron chi connectivity index (χ3n) is 3.41. The highest BCUT2D eigenvalue weighted by Gasteiger charge is 2.15. The number of hydrogen-bond acceptors (Lipinski definition) is 5. The molecule has 1 aromatic carbocycles. The van der Waals surface area contributed by atoms with E-state index >= 15 is 0 Å². The molecular formula is C16H12Cl2FN5OS. The molecular weight excluding hydrogens is 400 g/mol. The third kappa shape index (κ3) is 4.27. The van der Waals surface area contributed by atoms with Crippen LogP contribution in [0.2, 0.25) is 5.15 Å². The van der Waals surface area contributed by atoms with Crippen LogP contribution in [-0.2, 0) is 13.6 Å². The number of benzene rings is 1. The van der Waals surface area contributed by atoms with E-state index in [1.54, 1.807) is 29.8 Å². The highest BCUT2D eigenvalue weighted by Crippen LogP contribution is 2.25. The number of rotatable bonds is 5. The Morgan fingerprint density at radius 1 is 1.31 bits per heavy atom. The lowest BCUT2D eigenvalue weighted by Crippen LogP contribution is -2.22. The van der Waals surface area contributed by atoms with Crippen LogP contribution in [0, 0.1) is 5.82 Å². The number of halogens is 3. The van der Waals surface area contributed by atoms with E-state index < -0.39 is 0 Å². The molecule has 0 saturated heterocycles. The number of imidazole rings is 1. The first-order chi connectivity index (χ1) is 12.4. The van der Waals surface area contributed by atoms with Crippen LogP contribution in [0.5, 0.6) is 0 Å². The molecule has 26 heavy (non-hydrogen) atoms. The first kappa shape index (κ1) is 18.5. The van der Waals surface area contributed by atoms with E-state index in [4.69, 9.17) is 23.2 Å². The van der Waals surface area contributed by atoms with E-state index in [1.807, 2.05) is 0 Å². The number of nitrogens with zero attached hydrogens (tertiary/aromatic N) is 4. The van der Waals surface area contributed by atoms with Gasteiger partial charge in [0.25, 0.3) is 5.91 Å². The standard InChI is InChI=1S/C16H12Cl2FN5OS/c1-24-12(18)8-20-13(24)6-11(17)15-22-23-16(26-15)14(25)21-7-9-2-4-10(19)5-3-9/h2-6,8H,7H2,1H3,(H,21,25)/b11-6-. The number of hydrogen-bond donors (Lipinski definition) is 1. The molecule has 1 amide bonds. The van der Waals surface area contributed by atoms with E-state index in [2.05, 4.69) is 20.5 Å². The van der Waals surface area contributed by atoms with Crippen LogP contribution < -0.4 is 5.32 Å². The van der Waals surface area contributed by atoms with Crippen molar-refractivity contribution < 1.29 is 9.18 Å². The van der Waals surface area contributed by atoms with Gasteiger partial charge in [-0.1, -0.05) is 46.7 Å². The molecule has 0 aliphatic carbocycles. The van der Waals surface area contributed by atoms with E-state index in [1.165, 1.54) is 18.3 Å². The molecule has 0 fully saturated rings. The van der Waals surface area contributed by atoms with Gasteiger partial charge < -0.3 is 9.88 Å². The monoisotopic (exact) mass is 411 g/mol. The molecule has 2 aromatic heterocycles. The zero-order chi connectivity index (χ0) is 18.7. The highest BCUT2D eigenvalue weighted by molar-refractivity contribution is 7.15.